The maximum absolute atomic E-state index is 11.3. The molecule has 0 radical (unpaired) electrons. The third-order valence-corrected chi connectivity index (χ3v) is 2.11. The molecule has 7 heteroatoms. The van der Waals surface area contributed by atoms with Gasteiger partial charge in [0, 0.05) is 24.9 Å². The van der Waals surface area contributed by atoms with E-state index in [-0.39, 0.29) is 5.82 Å². The molecular formula is C10H11N5O2. The predicted molar refractivity (Wildman–Crippen MR) is 61.9 cm³/mol. The molecule has 2 heterocycles. The monoisotopic (exact) mass is 233 g/mol. The normalized spacial score (nSPS) is 10.1. The Morgan fingerprint density at radius 2 is 2.18 bits per heavy atom. The lowest BCUT2D eigenvalue weighted by molar-refractivity contribution is 0.871. The summed E-state index contributed by atoms with van der Waals surface area (Å²) in [6.07, 6.45) is 2.38. The van der Waals surface area contributed by atoms with E-state index in [4.69, 9.17) is 0 Å². The van der Waals surface area contributed by atoms with Crippen LogP contribution in [0.5, 0.6) is 0 Å². The molecular weight excluding hydrogens is 222 g/mol. The van der Waals surface area contributed by atoms with Crippen molar-refractivity contribution in [1.82, 2.24) is 20.2 Å². The standard InChI is InChI=1S/C10H11N5O2/c16-9-8(14-15-10(17)13-9)12-6-4-7-3-1-2-5-11-7/h1-3,5H,4,6H2,(H,12,14)(H2,13,15,16,17). The predicted octanol–water partition coefficient (Wildman–Crippen LogP) is -0.492. The summed E-state index contributed by atoms with van der Waals surface area (Å²) in [4.78, 5) is 28.2. The maximum Gasteiger partial charge on any atom is 0.342 e. The molecule has 0 aliphatic rings. The van der Waals surface area contributed by atoms with Gasteiger partial charge in [-0.15, -0.1) is 5.10 Å². The van der Waals surface area contributed by atoms with Gasteiger partial charge in [0.25, 0.3) is 5.56 Å². The fourth-order valence-electron chi connectivity index (χ4n) is 1.32. The van der Waals surface area contributed by atoms with Crippen LogP contribution in [0.25, 0.3) is 0 Å². The van der Waals surface area contributed by atoms with E-state index in [1.165, 1.54) is 0 Å². The molecule has 0 amide bonds. The number of hydrogen-bond acceptors (Lipinski definition) is 5. The highest BCUT2D eigenvalue weighted by Crippen LogP contribution is 1.95. The van der Waals surface area contributed by atoms with Crippen LogP contribution in [-0.2, 0) is 6.42 Å². The number of hydrogen-bond donors (Lipinski definition) is 3. The summed E-state index contributed by atoms with van der Waals surface area (Å²) in [5, 5.41) is 8.57. The van der Waals surface area contributed by atoms with Gasteiger partial charge in [-0.05, 0) is 12.1 Å². The van der Waals surface area contributed by atoms with Gasteiger partial charge >= 0.3 is 5.69 Å². The minimum atomic E-state index is -0.620. The quantitative estimate of drug-likeness (QED) is 0.661. The van der Waals surface area contributed by atoms with Gasteiger partial charge < -0.3 is 5.32 Å². The third-order valence-electron chi connectivity index (χ3n) is 2.11. The van der Waals surface area contributed by atoms with E-state index in [0.717, 1.165) is 5.69 Å². The minimum Gasteiger partial charge on any atom is -0.364 e. The molecule has 2 aromatic heterocycles. The lowest BCUT2D eigenvalue weighted by atomic mass is 10.3. The summed E-state index contributed by atoms with van der Waals surface area (Å²) in [5.74, 6) is 0.0977. The van der Waals surface area contributed by atoms with Crippen LogP contribution in [0, 0.1) is 0 Å². The van der Waals surface area contributed by atoms with Crippen molar-refractivity contribution in [3.8, 4) is 0 Å². The maximum atomic E-state index is 11.3. The minimum absolute atomic E-state index is 0.0977. The van der Waals surface area contributed by atoms with Gasteiger partial charge in [0.1, 0.15) is 0 Å². The number of nitrogens with one attached hydrogen (secondary N) is 3. The third kappa shape index (κ3) is 3.00. The van der Waals surface area contributed by atoms with Gasteiger partial charge in [0.2, 0.25) is 5.82 Å². The number of aromatic amines is 2. The molecule has 0 spiro atoms. The second kappa shape index (κ2) is 5.06. The molecule has 88 valence electrons. The SMILES string of the molecule is O=c1[nH]nc(NCCc2ccccn2)c(=O)[nH]1. The number of pyridine rings is 1. The van der Waals surface area contributed by atoms with Gasteiger partial charge in [-0.1, -0.05) is 6.07 Å². The number of nitrogens with zero attached hydrogens (tertiary/aromatic N) is 2. The smallest absolute Gasteiger partial charge is 0.342 e. The van der Waals surface area contributed by atoms with Crippen LogP contribution in [0.15, 0.2) is 34.0 Å². The Bertz CT molecular complexity index is 589. The molecule has 0 aromatic carbocycles. The molecule has 3 N–H and O–H groups in total. The second-order valence-electron chi connectivity index (χ2n) is 3.35. The average molecular weight is 233 g/mol. The van der Waals surface area contributed by atoms with Crippen molar-refractivity contribution in [3.05, 3.63) is 50.9 Å². The fraction of sp³-hybridized carbons (Fsp3) is 0.200. The molecule has 0 unspecified atom stereocenters. The summed E-state index contributed by atoms with van der Waals surface area (Å²) in [7, 11) is 0. The Hall–Kier alpha value is -2.44. The van der Waals surface area contributed by atoms with E-state index in [1.807, 2.05) is 18.2 Å². The van der Waals surface area contributed by atoms with Gasteiger partial charge in [-0.3, -0.25) is 14.8 Å². The van der Waals surface area contributed by atoms with Crippen LogP contribution in [0.2, 0.25) is 0 Å². The molecule has 0 bridgehead atoms. The van der Waals surface area contributed by atoms with Crippen molar-refractivity contribution in [3.63, 3.8) is 0 Å². The Kier molecular flexibility index (Phi) is 3.29. The Balaban J connectivity index is 1.95. The Morgan fingerprint density at radius 1 is 1.29 bits per heavy atom. The topological polar surface area (TPSA) is 104 Å². The highest BCUT2D eigenvalue weighted by atomic mass is 16.2. The number of anilines is 1. The zero-order chi connectivity index (χ0) is 12.1. The molecule has 2 rings (SSSR count). The molecule has 0 aliphatic carbocycles. The van der Waals surface area contributed by atoms with Crippen molar-refractivity contribution in [2.45, 2.75) is 6.42 Å². The van der Waals surface area contributed by atoms with Crippen molar-refractivity contribution in [2.75, 3.05) is 11.9 Å². The van der Waals surface area contributed by atoms with Crippen molar-refractivity contribution >= 4 is 5.82 Å². The van der Waals surface area contributed by atoms with Gasteiger partial charge in [0.15, 0.2) is 0 Å². The molecule has 0 saturated carbocycles. The van der Waals surface area contributed by atoms with Crippen molar-refractivity contribution in [1.29, 1.82) is 0 Å². The molecule has 0 atom stereocenters. The van der Waals surface area contributed by atoms with E-state index in [9.17, 15) is 9.59 Å². The fourth-order valence-corrected chi connectivity index (χ4v) is 1.32. The van der Waals surface area contributed by atoms with Crippen molar-refractivity contribution in [2.24, 2.45) is 0 Å². The van der Waals surface area contributed by atoms with E-state index in [0.29, 0.717) is 13.0 Å². The van der Waals surface area contributed by atoms with Crippen LogP contribution >= 0.6 is 0 Å². The first-order valence-corrected chi connectivity index (χ1v) is 5.08. The summed E-state index contributed by atoms with van der Waals surface area (Å²) >= 11 is 0. The summed E-state index contributed by atoms with van der Waals surface area (Å²) in [6.45, 7) is 0.513. The first-order valence-electron chi connectivity index (χ1n) is 5.08. The molecule has 2 aromatic rings. The van der Waals surface area contributed by atoms with E-state index in [2.05, 4.69) is 25.5 Å². The van der Waals surface area contributed by atoms with E-state index >= 15 is 0 Å². The highest BCUT2D eigenvalue weighted by Gasteiger charge is 2.00. The van der Waals surface area contributed by atoms with Crippen LogP contribution in [0.4, 0.5) is 5.82 Å². The van der Waals surface area contributed by atoms with E-state index in [1.54, 1.807) is 6.20 Å². The zero-order valence-corrected chi connectivity index (χ0v) is 8.93. The zero-order valence-electron chi connectivity index (χ0n) is 8.93. The second-order valence-corrected chi connectivity index (χ2v) is 3.35. The number of H-pyrrole nitrogens is 2. The Labute approximate surface area is 95.9 Å². The molecule has 17 heavy (non-hydrogen) atoms. The number of aromatic nitrogens is 4. The highest BCUT2D eigenvalue weighted by molar-refractivity contribution is 5.28. The van der Waals surface area contributed by atoms with Crippen LogP contribution in [0.3, 0.4) is 0 Å². The molecule has 0 fully saturated rings. The van der Waals surface area contributed by atoms with Gasteiger partial charge in [-0.25, -0.2) is 9.89 Å². The van der Waals surface area contributed by atoms with Gasteiger partial charge in [0.05, 0.1) is 0 Å². The van der Waals surface area contributed by atoms with Crippen molar-refractivity contribution < 1.29 is 0 Å². The lowest BCUT2D eigenvalue weighted by Gasteiger charge is -2.02. The summed E-state index contributed by atoms with van der Waals surface area (Å²) in [6, 6.07) is 5.63. The summed E-state index contributed by atoms with van der Waals surface area (Å²) in [5.41, 5.74) is -0.235. The average Bonchev–Trinajstić information content (AvgIpc) is 2.33. The van der Waals surface area contributed by atoms with Crippen LogP contribution < -0.4 is 16.6 Å². The first-order chi connectivity index (χ1) is 8.25. The molecule has 7 nitrogen and oxygen atoms in total. The summed E-state index contributed by atoms with van der Waals surface area (Å²) < 4.78 is 0. The van der Waals surface area contributed by atoms with Crippen LogP contribution in [-0.4, -0.2) is 26.7 Å². The molecule has 0 aliphatic heterocycles. The van der Waals surface area contributed by atoms with E-state index < -0.39 is 11.2 Å². The number of rotatable bonds is 4. The molecule has 0 saturated heterocycles. The lowest BCUT2D eigenvalue weighted by Crippen LogP contribution is -2.27. The largest absolute Gasteiger partial charge is 0.364 e. The Morgan fingerprint density at radius 3 is 2.88 bits per heavy atom. The van der Waals surface area contributed by atoms with Crippen LogP contribution in [0.1, 0.15) is 5.69 Å². The van der Waals surface area contributed by atoms with Gasteiger partial charge in [-0.2, -0.15) is 0 Å². The first kappa shape index (κ1) is 11.1.